The van der Waals surface area contributed by atoms with Crippen LogP contribution in [0.15, 0.2) is 18.2 Å². The molecule has 0 spiro atoms. The highest BCUT2D eigenvalue weighted by Crippen LogP contribution is 2.36. The van der Waals surface area contributed by atoms with Gasteiger partial charge in [-0.3, -0.25) is 9.59 Å². The molecule has 1 aromatic carbocycles. The number of piperidine rings is 1. The second-order valence-electron chi connectivity index (χ2n) is 7.60. The Bertz CT molecular complexity index is 737. The first kappa shape index (κ1) is 17.1. The number of carbonyl (C=O) groups excluding carboxylic acids is 2. The number of nitrogens with one attached hydrogen (secondary N) is 1. The Morgan fingerprint density at radius 1 is 1.19 bits per heavy atom. The maximum Gasteiger partial charge on any atom is 0.254 e. The SMILES string of the molecule is CC(=O)N[C@@]12CN(C)CC[C@@H]1CN(C(=O)c1ccc3c(c1)OCCO3)C2. The van der Waals surface area contributed by atoms with E-state index < -0.39 is 0 Å². The molecule has 7 heteroatoms. The molecule has 2 saturated heterocycles. The second kappa shape index (κ2) is 6.46. The summed E-state index contributed by atoms with van der Waals surface area (Å²) in [5, 5.41) is 3.15. The van der Waals surface area contributed by atoms with Crippen LogP contribution in [0.3, 0.4) is 0 Å². The van der Waals surface area contributed by atoms with Crippen LogP contribution >= 0.6 is 0 Å². The average molecular weight is 359 g/mol. The average Bonchev–Trinajstić information content (AvgIpc) is 2.97. The zero-order valence-corrected chi connectivity index (χ0v) is 15.3. The number of nitrogens with zero attached hydrogens (tertiary/aromatic N) is 2. The predicted octanol–water partition coefficient (Wildman–Crippen LogP) is 0.740. The van der Waals surface area contributed by atoms with Crippen molar-refractivity contribution in [3.05, 3.63) is 23.8 Å². The van der Waals surface area contributed by atoms with E-state index in [0.717, 1.165) is 19.5 Å². The number of fused-ring (bicyclic) bond motifs is 2. The standard InChI is InChI=1S/C19H25N3O4/c1-13(23)20-19-11-21(2)6-5-15(19)10-22(12-19)18(24)14-3-4-16-17(9-14)26-8-7-25-16/h3-4,9,15H,5-8,10-12H2,1-2H3,(H,20,23)/t15-,19-/m1/s1. The van der Waals surface area contributed by atoms with Gasteiger partial charge < -0.3 is 24.6 Å². The van der Waals surface area contributed by atoms with Crippen LogP contribution in [-0.4, -0.2) is 73.6 Å². The van der Waals surface area contributed by atoms with Gasteiger partial charge in [0.05, 0.1) is 5.54 Å². The third-order valence-electron chi connectivity index (χ3n) is 5.61. The van der Waals surface area contributed by atoms with E-state index in [9.17, 15) is 9.59 Å². The fourth-order valence-electron chi connectivity index (χ4n) is 4.50. The van der Waals surface area contributed by atoms with Crippen LogP contribution in [0.5, 0.6) is 11.5 Å². The predicted molar refractivity (Wildman–Crippen MR) is 95.5 cm³/mol. The fraction of sp³-hybridized carbons (Fsp3) is 0.579. The topological polar surface area (TPSA) is 71.1 Å². The molecule has 1 aromatic rings. The van der Waals surface area contributed by atoms with Crippen molar-refractivity contribution >= 4 is 11.8 Å². The van der Waals surface area contributed by atoms with Gasteiger partial charge in [0.15, 0.2) is 11.5 Å². The fourth-order valence-corrected chi connectivity index (χ4v) is 4.50. The quantitative estimate of drug-likeness (QED) is 0.843. The van der Waals surface area contributed by atoms with Crippen LogP contribution in [0.4, 0.5) is 0 Å². The summed E-state index contributed by atoms with van der Waals surface area (Å²) in [7, 11) is 2.06. The number of likely N-dealkylation sites (tertiary alicyclic amines) is 2. The lowest BCUT2D eigenvalue weighted by atomic mass is 9.81. The zero-order chi connectivity index (χ0) is 18.3. The first-order chi connectivity index (χ1) is 12.5. The van der Waals surface area contributed by atoms with Gasteiger partial charge in [0.1, 0.15) is 13.2 Å². The van der Waals surface area contributed by atoms with Crippen LogP contribution in [0.2, 0.25) is 0 Å². The Hall–Kier alpha value is -2.28. The van der Waals surface area contributed by atoms with Gasteiger partial charge in [0, 0.05) is 38.0 Å². The molecule has 7 nitrogen and oxygen atoms in total. The molecule has 2 amide bonds. The number of rotatable bonds is 2. The highest BCUT2D eigenvalue weighted by Gasteiger charge is 2.51. The minimum absolute atomic E-state index is 0.0243. The van der Waals surface area contributed by atoms with Gasteiger partial charge in [-0.25, -0.2) is 0 Å². The molecule has 0 saturated carbocycles. The van der Waals surface area contributed by atoms with Gasteiger partial charge in [-0.2, -0.15) is 0 Å². The lowest BCUT2D eigenvalue weighted by molar-refractivity contribution is -0.121. The number of benzene rings is 1. The van der Waals surface area contributed by atoms with Gasteiger partial charge in [-0.05, 0) is 38.2 Å². The minimum Gasteiger partial charge on any atom is -0.486 e. The maximum absolute atomic E-state index is 13.1. The monoisotopic (exact) mass is 359 g/mol. The van der Waals surface area contributed by atoms with Crippen molar-refractivity contribution in [2.75, 3.05) is 46.4 Å². The summed E-state index contributed by atoms with van der Waals surface area (Å²) >= 11 is 0. The molecule has 2 fully saturated rings. The molecule has 1 N–H and O–H groups in total. The summed E-state index contributed by atoms with van der Waals surface area (Å²) in [5.41, 5.74) is 0.238. The Labute approximate surface area is 153 Å². The van der Waals surface area contributed by atoms with Gasteiger partial charge in [0.25, 0.3) is 5.91 Å². The van der Waals surface area contributed by atoms with E-state index in [2.05, 4.69) is 17.3 Å². The molecule has 140 valence electrons. The molecule has 0 aliphatic carbocycles. The van der Waals surface area contributed by atoms with Gasteiger partial charge in [0.2, 0.25) is 5.91 Å². The number of likely N-dealkylation sites (N-methyl/N-ethyl adjacent to an activating group) is 1. The number of amides is 2. The summed E-state index contributed by atoms with van der Waals surface area (Å²) in [4.78, 5) is 29.0. The van der Waals surface area contributed by atoms with Crippen LogP contribution < -0.4 is 14.8 Å². The van der Waals surface area contributed by atoms with Crippen molar-refractivity contribution in [2.24, 2.45) is 5.92 Å². The molecular weight excluding hydrogens is 334 g/mol. The first-order valence-corrected chi connectivity index (χ1v) is 9.13. The maximum atomic E-state index is 13.1. The molecule has 0 bridgehead atoms. The molecule has 0 aromatic heterocycles. The summed E-state index contributed by atoms with van der Waals surface area (Å²) in [5.74, 6) is 1.51. The van der Waals surface area contributed by atoms with E-state index >= 15 is 0 Å². The summed E-state index contributed by atoms with van der Waals surface area (Å²) < 4.78 is 11.1. The first-order valence-electron chi connectivity index (χ1n) is 9.13. The zero-order valence-electron chi connectivity index (χ0n) is 15.3. The molecule has 3 heterocycles. The molecule has 2 atom stereocenters. The molecule has 3 aliphatic rings. The van der Waals surface area contributed by atoms with Crippen molar-refractivity contribution in [1.82, 2.24) is 15.1 Å². The molecule has 0 radical (unpaired) electrons. The summed E-state index contributed by atoms with van der Waals surface area (Å²) in [6.07, 6.45) is 0.974. The van der Waals surface area contributed by atoms with E-state index in [1.165, 1.54) is 0 Å². The van der Waals surface area contributed by atoms with Crippen LogP contribution in [0.25, 0.3) is 0 Å². The van der Waals surface area contributed by atoms with E-state index in [-0.39, 0.29) is 23.3 Å². The van der Waals surface area contributed by atoms with E-state index in [4.69, 9.17) is 9.47 Å². The summed E-state index contributed by atoms with van der Waals surface area (Å²) in [6, 6.07) is 5.34. The lowest BCUT2D eigenvalue weighted by Gasteiger charge is -2.43. The van der Waals surface area contributed by atoms with Crippen molar-refractivity contribution in [1.29, 1.82) is 0 Å². The summed E-state index contributed by atoms with van der Waals surface area (Å²) in [6.45, 7) is 5.53. The number of hydrogen-bond donors (Lipinski definition) is 1. The van der Waals surface area contributed by atoms with Gasteiger partial charge in [-0.15, -0.1) is 0 Å². The molecule has 26 heavy (non-hydrogen) atoms. The van der Waals surface area contributed by atoms with Crippen molar-refractivity contribution in [3.8, 4) is 11.5 Å². The molecule has 0 unspecified atom stereocenters. The van der Waals surface area contributed by atoms with Crippen LogP contribution in [-0.2, 0) is 4.79 Å². The molecular formula is C19H25N3O4. The largest absolute Gasteiger partial charge is 0.486 e. The van der Waals surface area contributed by atoms with E-state index in [0.29, 0.717) is 43.4 Å². The highest BCUT2D eigenvalue weighted by atomic mass is 16.6. The minimum atomic E-state index is -0.359. The third-order valence-corrected chi connectivity index (χ3v) is 5.61. The van der Waals surface area contributed by atoms with E-state index in [1.807, 2.05) is 4.90 Å². The Morgan fingerprint density at radius 2 is 1.96 bits per heavy atom. The lowest BCUT2D eigenvalue weighted by Crippen LogP contribution is -2.62. The highest BCUT2D eigenvalue weighted by molar-refractivity contribution is 5.95. The smallest absolute Gasteiger partial charge is 0.254 e. The third kappa shape index (κ3) is 3.00. The Kier molecular flexibility index (Phi) is 4.26. The molecule has 3 aliphatic heterocycles. The number of carbonyl (C=O) groups is 2. The van der Waals surface area contributed by atoms with Crippen molar-refractivity contribution < 1.29 is 19.1 Å². The van der Waals surface area contributed by atoms with E-state index in [1.54, 1.807) is 25.1 Å². The van der Waals surface area contributed by atoms with Gasteiger partial charge >= 0.3 is 0 Å². The van der Waals surface area contributed by atoms with Gasteiger partial charge in [-0.1, -0.05) is 0 Å². The number of ether oxygens (including phenoxy) is 2. The Balaban J connectivity index is 1.56. The van der Waals surface area contributed by atoms with Crippen molar-refractivity contribution in [2.45, 2.75) is 18.9 Å². The number of hydrogen-bond acceptors (Lipinski definition) is 5. The van der Waals surface area contributed by atoms with Crippen LogP contribution in [0, 0.1) is 5.92 Å². The Morgan fingerprint density at radius 3 is 2.73 bits per heavy atom. The second-order valence-corrected chi connectivity index (χ2v) is 7.60. The normalized spacial score (nSPS) is 27.8. The molecule has 4 rings (SSSR count). The van der Waals surface area contributed by atoms with Crippen molar-refractivity contribution in [3.63, 3.8) is 0 Å². The van der Waals surface area contributed by atoms with Crippen LogP contribution in [0.1, 0.15) is 23.7 Å².